The molecule has 0 saturated heterocycles. The summed E-state index contributed by atoms with van der Waals surface area (Å²) in [6.07, 6.45) is 3.29. The molecule has 1 amide bonds. The third-order valence-electron chi connectivity index (χ3n) is 2.59. The fourth-order valence-electron chi connectivity index (χ4n) is 1.61. The Morgan fingerprint density at radius 3 is 2.95 bits per heavy atom. The molecule has 0 bridgehead atoms. The highest BCUT2D eigenvalue weighted by Crippen LogP contribution is 1.98. The van der Waals surface area contributed by atoms with Crippen molar-refractivity contribution >= 4 is 23.8 Å². The standard InChI is InChI=1S/C13H13N5O2S/c1-8(9-3-2-4-14-7-9)17-18-12(20)6-10-5-11(19)16-13(21)15-10/h2-5,7H,6H2,1H3,(H,18,20)(H2,15,16,19,21)/b17-8-. The van der Waals surface area contributed by atoms with Gasteiger partial charge in [0.2, 0.25) is 5.91 Å². The molecule has 0 aromatic carbocycles. The molecule has 0 radical (unpaired) electrons. The smallest absolute Gasteiger partial charge is 0.251 e. The van der Waals surface area contributed by atoms with Gasteiger partial charge >= 0.3 is 0 Å². The summed E-state index contributed by atoms with van der Waals surface area (Å²) in [6.45, 7) is 1.76. The lowest BCUT2D eigenvalue weighted by atomic mass is 10.2. The monoisotopic (exact) mass is 303 g/mol. The zero-order chi connectivity index (χ0) is 15.2. The topological polar surface area (TPSA) is 103 Å². The van der Waals surface area contributed by atoms with E-state index < -0.39 is 0 Å². The van der Waals surface area contributed by atoms with Crippen LogP contribution in [0, 0.1) is 4.77 Å². The van der Waals surface area contributed by atoms with Crippen molar-refractivity contribution in [3.05, 3.63) is 57.0 Å². The second kappa shape index (κ2) is 6.71. The van der Waals surface area contributed by atoms with E-state index in [-0.39, 0.29) is 22.7 Å². The molecular formula is C13H13N5O2S. The van der Waals surface area contributed by atoms with Crippen molar-refractivity contribution in [3.63, 3.8) is 0 Å². The van der Waals surface area contributed by atoms with Crippen LogP contribution >= 0.6 is 12.2 Å². The molecule has 0 spiro atoms. The van der Waals surface area contributed by atoms with Gasteiger partial charge in [-0.1, -0.05) is 6.07 Å². The highest BCUT2D eigenvalue weighted by Gasteiger charge is 2.04. The number of hydrogen-bond donors (Lipinski definition) is 3. The fourth-order valence-corrected chi connectivity index (χ4v) is 1.85. The van der Waals surface area contributed by atoms with E-state index in [4.69, 9.17) is 12.2 Å². The van der Waals surface area contributed by atoms with E-state index in [1.54, 1.807) is 25.4 Å². The maximum atomic E-state index is 11.8. The highest BCUT2D eigenvalue weighted by atomic mass is 32.1. The molecule has 7 nitrogen and oxygen atoms in total. The summed E-state index contributed by atoms with van der Waals surface area (Å²) >= 11 is 4.83. The van der Waals surface area contributed by atoms with Crippen LogP contribution in [0.25, 0.3) is 0 Å². The Labute approximate surface area is 125 Å². The highest BCUT2D eigenvalue weighted by molar-refractivity contribution is 7.71. The zero-order valence-electron chi connectivity index (χ0n) is 11.2. The molecule has 2 aromatic heterocycles. The van der Waals surface area contributed by atoms with E-state index in [0.29, 0.717) is 11.4 Å². The van der Waals surface area contributed by atoms with Gasteiger partial charge in [0, 0.05) is 29.7 Å². The fraction of sp³-hybridized carbons (Fsp3) is 0.154. The number of pyridine rings is 1. The normalized spacial score (nSPS) is 11.2. The minimum atomic E-state index is -0.352. The maximum absolute atomic E-state index is 11.8. The van der Waals surface area contributed by atoms with Crippen molar-refractivity contribution in [3.8, 4) is 0 Å². The number of carbonyl (C=O) groups excluding carboxylic acids is 1. The van der Waals surface area contributed by atoms with Crippen LogP contribution in [0.4, 0.5) is 0 Å². The summed E-state index contributed by atoms with van der Waals surface area (Å²) < 4.78 is 0.181. The second-order valence-electron chi connectivity index (χ2n) is 4.26. The van der Waals surface area contributed by atoms with Crippen molar-refractivity contribution in [1.82, 2.24) is 20.4 Å². The van der Waals surface area contributed by atoms with E-state index in [0.717, 1.165) is 5.56 Å². The molecule has 2 rings (SSSR count). The van der Waals surface area contributed by atoms with Gasteiger partial charge in [-0.15, -0.1) is 0 Å². The number of nitrogens with one attached hydrogen (secondary N) is 3. The Hall–Kier alpha value is -2.61. The van der Waals surface area contributed by atoms with Crippen LogP contribution in [0.1, 0.15) is 18.2 Å². The summed E-state index contributed by atoms with van der Waals surface area (Å²) in [6, 6.07) is 4.91. The van der Waals surface area contributed by atoms with Gasteiger partial charge in [0.1, 0.15) is 0 Å². The van der Waals surface area contributed by atoms with Gasteiger partial charge in [0.25, 0.3) is 5.56 Å². The quantitative estimate of drug-likeness (QED) is 0.444. The number of amides is 1. The molecule has 0 aliphatic rings. The van der Waals surface area contributed by atoms with E-state index >= 15 is 0 Å². The number of aromatic amines is 2. The van der Waals surface area contributed by atoms with Crippen LogP contribution < -0.4 is 11.0 Å². The summed E-state index contributed by atoms with van der Waals surface area (Å²) in [5.74, 6) is -0.352. The molecule has 8 heteroatoms. The van der Waals surface area contributed by atoms with Crippen molar-refractivity contribution in [2.24, 2.45) is 5.10 Å². The third kappa shape index (κ3) is 4.46. The molecule has 2 heterocycles. The minimum Gasteiger partial charge on any atom is -0.335 e. The lowest BCUT2D eigenvalue weighted by Crippen LogP contribution is -2.23. The van der Waals surface area contributed by atoms with E-state index in [9.17, 15) is 9.59 Å². The van der Waals surface area contributed by atoms with Gasteiger partial charge in [-0.3, -0.25) is 19.6 Å². The van der Waals surface area contributed by atoms with Crippen LogP contribution in [-0.4, -0.2) is 26.6 Å². The lowest BCUT2D eigenvalue weighted by molar-refractivity contribution is -0.120. The van der Waals surface area contributed by atoms with Crippen LogP contribution in [-0.2, 0) is 11.2 Å². The van der Waals surface area contributed by atoms with Gasteiger partial charge in [-0.05, 0) is 25.2 Å². The first kappa shape index (κ1) is 14.8. The molecule has 0 saturated carbocycles. The summed E-state index contributed by atoms with van der Waals surface area (Å²) in [5.41, 5.74) is 3.95. The Morgan fingerprint density at radius 1 is 1.48 bits per heavy atom. The van der Waals surface area contributed by atoms with Gasteiger partial charge in [-0.25, -0.2) is 5.43 Å². The van der Waals surface area contributed by atoms with Gasteiger partial charge in [-0.2, -0.15) is 5.10 Å². The Bertz CT molecular complexity index is 751. The second-order valence-corrected chi connectivity index (χ2v) is 4.67. The molecule has 0 unspecified atom stereocenters. The van der Waals surface area contributed by atoms with Crippen molar-refractivity contribution < 1.29 is 4.79 Å². The summed E-state index contributed by atoms with van der Waals surface area (Å²) in [5, 5.41) is 3.99. The van der Waals surface area contributed by atoms with Crippen LogP contribution in [0.15, 0.2) is 40.5 Å². The Kier molecular flexibility index (Phi) is 4.72. The predicted octanol–water partition coefficient (Wildman–Crippen LogP) is 0.910. The zero-order valence-corrected chi connectivity index (χ0v) is 12.0. The van der Waals surface area contributed by atoms with Gasteiger partial charge in [0.05, 0.1) is 12.1 Å². The number of nitrogens with zero attached hydrogens (tertiary/aromatic N) is 2. The number of carbonyl (C=O) groups is 1. The van der Waals surface area contributed by atoms with Crippen molar-refractivity contribution in [2.45, 2.75) is 13.3 Å². The SMILES string of the molecule is C/C(=N/NC(=O)Cc1cc(=O)[nH]c(=S)[nH]1)c1cccnc1. The van der Waals surface area contributed by atoms with E-state index in [1.165, 1.54) is 6.07 Å². The maximum Gasteiger partial charge on any atom is 0.251 e. The average molecular weight is 303 g/mol. The molecule has 21 heavy (non-hydrogen) atoms. The number of hydrazone groups is 1. The number of rotatable bonds is 4. The number of aromatic nitrogens is 3. The van der Waals surface area contributed by atoms with E-state index in [1.807, 2.05) is 6.07 Å². The number of hydrogen-bond acceptors (Lipinski definition) is 5. The lowest BCUT2D eigenvalue weighted by Gasteiger charge is -2.03. The first-order valence-electron chi connectivity index (χ1n) is 6.10. The molecule has 0 aliphatic carbocycles. The summed E-state index contributed by atoms with van der Waals surface area (Å²) in [7, 11) is 0. The molecule has 108 valence electrons. The van der Waals surface area contributed by atoms with Crippen LogP contribution in [0.3, 0.4) is 0 Å². The molecule has 3 N–H and O–H groups in total. The molecule has 0 fully saturated rings. The molecule has 0 atom stereocenters. The molecule has 0 aliphatic heterocycles. The molecular weight excluding hydrogens is 290 g/mol. The summed E-state index contributed by atoms with van der Waals surface area (Å²) in [4.78, 5) is 32.1. The predicted molar refractivity (Wildman–Crippen MR) is 80.5 cm³/mol. The molecule has 2 aromatic rings. The van der Waals surface area contributed by atoms with Crippen molar-refractivity contribution in [1.29, 1.82) is 0 Å². The first-order valence-corrected chi connectivity index (χ1v) is 6.51. The largest absolute Gasteiger partial charge is 0.335 e. The van der Waals surface area contributed by atoms with Crippen LogP contribution in [0.2, 0.25) is 0 Å². The van der Waals surface area contributed by atoms with Crippen LogP contribution in [0.5, 0.6) is 0 Å². The van der Waals surface area contributed by atoms with Gasteiger partial charge in [0.15, 0.2) is 4.77 Å². The Morgan fingerprint density at radius 2 is 2.29 bits per heavy atom. The van der Waals surface area contributed by atoms with Gasteiger partial charge < -0.3 is 4.98 Å². The van der Waals surface area contributed by atoms with Crippen molar-refractivity contribution in [2.75, 3.05) is 0 Å². The minimum absolute atomic E-state index is 0.0165. The van der Waals surface area contributed by atoms with E-state index in [2.05, 4.69) is 25.5 Å². The Balaban J connectivity index is 2.02. The number of H-pyrrole nitrogens is 2. The first-order chi connectivity index (χ1) is 10.0. The average Bonchev–Trinajstić information content (AvgIpc) is 2.44. The third-order valence-corrected chi connectivity index (χ3v) is 2.80.